The zero-order chi connectivity index (χ0) is 19.6. The van der Waals surface area contributed by atoms with Crippen LogP contribution in [0.25, 0.3) is 0 Å². The van der Waals surface area contributed by atoms with E-state index in [1.54, 1.807) is 13.8 Å². The Labute approximate surface area is 150 Å². The summed E-state index contributed by atoms with van der Waals surface area (Å²) in [6.45, 7) is 2.16. The molecule has 11 heteroatoms. The van der Waals surface area contributed by atoms with Gasteiger partial charge in [0.25, 0.3) is 0 Å². The van der Waals surface area contributed by atoms with Gasteiger partial charge < -0.3 is 54.7 Å². The fourth-order valence-electron chi connectivity index (χ4n) is 2.94. The maximum absolute atomic E-state index is 10.3. The Hall–Kier alpha value is -0.440. The van der Waals surface area contributed by atoms with E-state index < -0.39 is 74.6 Å². The molecule has 7 N–H and O–H groups in total. The molecule has 2 aliphatic rings. The minimum atomic E-state index is -1.69. The lowest BCUT2D eigenvalue weighted by atomic mass is 9.97. The van der Waals surface area contributed by atoms with Gasteiger partial charge in [-0.1, -0.05) is 0 Å². The summed E-state index contributed by atoms with van der Waals surface area (Å²) in [5.41, 5.74) is 0. The number of hydrogen-bond donors (Lipinski definition) is 7. The third-order valence-corrected chi connectivity index (χ3v) is 4.37. The van der Waals surface area contributed by atoms with Gasteiger partial charge in [-0.05, 0) is 13.8 Å². The van der Waals surface area contributed by atoms with Crippen molar-refractivity contribution in [3.05, 3.63) is 0 Å². The first-order chi connectivity index (χ1) is 12.2. The van der Waals surface area contributed by atoms with Crippen LogP contribution in [-0.2, 0) is 18.9 Å². The van der Waals surface area contributed by atoms with Crippen molar-refractivity contribution in [1.82, 2.24) is 0 Å². The number of rotatable bonds is 6. The molecule has 0 aromatic rings. The smallest absolute Gasteiger partial charge is 0.187 e. The maximum atomic E-state index is 10.3. The lowest BCUT2D eigenvalue weighted by Crippen LogP contribution is -2.64. The third-order valence-electron chi connectivity index (χ3n) is 4.37. The molecule has 154 valence electrons. The molecule has 0 bridgehead atoms. The van der Waals surface area contributed by atoms with E-state index in [1.165, 1.54) is 0 Å². The summed E-state index contributed by atoms with van der Waals surface area (Å²) in [7, 11) is 0. The monoisotopic (exact) mass is 384 g/mol. The molecule has 0 aromatic heterocycles. The van der Waals surface area contributed by atoms with Crippen LogP contribution in [0.1, 0.15) is 13.8 Å². The van der Waals surface area contributed by atoms with Gasteiger partial charge in [-0.2, -0.15) is 0 Å². The van der Waals surface area contributed by atoms with Crippen LogP contribution in [0, 0.1) is 0 Å². The highest BCUT2D eigenvalue weighted by Gasteiger charge is 2.50. The van der Waals surface area contributed by atoms with Gasteiger partial charge >= 0.3 is 0 Å². The van der Waals surface area contributed by atoms with Crippen LogP contribution in [0.2, 0.25) is 0 Å². The number of aliphatic hydroxyl groups is 7. The van der Waals surface area contributed by atoms with E-state index in [2.05, 4.69) is 0 Å². The van der Waals surface area contributed by atoms with Gasteiger partial charge in [0.2, 0.25) is 0 Å². The van der Waals surface area contributed by atoms with Crippen molar-refractivity contribution in [2.45, 2.75) is 81.4 Å². The summed E-state index contributed by atoms with van der Waals surface area (Å²) in [5.74, 6) is 0. The van der Waals surface area contributed by atoms with E-state index in [4.69, 9.17) is 18.9 Å². The minimum Gasteiger partial charge on any atom is -0.394 e. The zero-order valence-corrected chi connectivity index (χ0v) is 14.5. The van der Waals surface area contributed by atoms with Crippen LogP contribution in [0.4, 0.5) is 0 Å². The topological polar surface area (TPSA) is 179 Å². The molecule has 0 radical (unpaired) electrons. The van der Waals surface area contributed by atoms with Crippen LogP contribution in [0.15, 0.2) is 0 Å². The Morgan fingerprint density at radius 1 is 0.731 bits per heavy atom. The van der Waals surface area contributed by atoms with E-state index in [9.17, 15) is 35.7 Å². The Morgan fingerprint density at radius 2 is 1.27 bits per heavy atom. The fraction of sp³-hybridized carbons (Fsp3) is 1.00. The molecular weight excluding hydrogens is 356 g/mol. The summed E-state index contributed by atoms with van der Waals surface area (Å²) in [5, 5.41) is 68.8. The standard InChI is InChI=1S/C15H28O11/c1-5(2)23-14-12(22)10(20)13(7(4-17)25-14)26-15-11(21)9(19)8(18)6(3-16)24-15/h5-22H,3-4H2,1-2H3/t6?,7?,8-,9?,10?,11?,12?,13-,14+,15-/m0/s1. The van der Waals surface area contributed by atoms with Crippen molar-refractivity contribution in [1.29, 1.82) is 0 Å². The van der Waals surface area contributed by atoms with Crippen molar-refractivity contribution >= 4 is 0 Å². The van der Waals surface area contributed by atoms with Crippen LogP contribution < -0.4 is 0 Å². The molecule has 2 aliphatic heterocycles. The van der Waals surface area contributed by atoms with Gasteiger partial charge in [0, 0.05) is 0 Å². The third kappa shape index (κ3) is 4.51. The Morgan fingerprint density at radius 3 is 1.81 bits per heavy atom. The SMILES string of the molecule is CC(C)O[C@@H]1OC(CO)[C@H](O[C@@H]2OC(CO)[C@H](O)C(O)C2O)C(O)C1O. The first kappa shape index (κ1) is 21.9. The summed E-state index contributed by atoms with van der Waals surface area (Å²) >= 11 is 0. The molecule has 26 heavy (non-hydrogen) atoms. The molecular formula is C15H28O11. The van der Waals surface area contributed by atoms with Gasteiger partial charge in [-0.3, -0.25) is 0 Å². The number of hydrogen-bond acceptors (Lipinski definition) is 11. The minimum absolute atomic E-state index is 0.316. The molecule has 6 unspecified atom stereocenters. The van der Waals surface area contributed by atoms with Crippen molar-refractivity contribution in [3.63, 3.8) is 0 Å². The van der Waals surface area contributed by atoms with Crippen LogP contribution in [0.5, 0.6) is 0 Å². The van der Waals surface area contributed by atoms with Gasteiger partial charge in [0.1, 0.15) is 48.8 Å². The number of ether oxygens (including phenoxy) is 4. The van der Waals surface area contributed by atoms with Crippen molar-refractivity contribution in [2.75, 3.05) is 13.2 Å². The number of aliphatic hydroxyl groups excluding tert-OH is 7. The Balaban J connectivity index is 2.11. The van der Waals surface area contributed by atoms with Crippen LogP contribution in [0.3, 0.4) is 0 Å². The lowest BCUT2D eigenvalue weighted by Gasteiger charge is -2.46. The molecule has 0 aliphatic carbocycles. The van der Waals surface area contributed by atoms with E-state index in [-0.39, 0.29) is 6.10 Å². The largest absolute Gasteiger partial charge is 0.394 e. The second-order valence-corrected chi connectivity index (χ2v) is 6.69. The summed E-state index contributed by atoms with van der Waals surface area (Å²) in [4.78, 5) is 0. The highest BCUT2D eigenvalue weighted by Crippen LogP contribution is 2.29. The summed E-state index contributed by atoms with van der Waals surface area (Å²) in [6, 6.07) is 0. The second kappa shape index (κ2) is 9.17. The van der Waals surface area contributed by atoms with E-state index >= 15 is 0 Å². The normalized spacial score (nSPS) is 47.3. The van der Waals surface area contributed by atoms with Crippen molar-refractivity contribution < 1.29 is 54.7 Å². The maximum Gasteiger partial charge on any atom is 0.187 e. The molecule has 2 rings (SSSR count). The molecule has 0 spiro atoms. The molecule has 2 fully saturated rings. The van der Waals surface area contributed by atoms with Gasteiger partial charge in [-0.25, -0.2) is 0 Å². The average molecular weight is 384 g/mol. The molecule has 0 aromatic carbocycles. The predicted molar refractivity (Wildman–Crippen MR) is 82.6 cm³/mol. The molecule has 2 heterocycles. The molecule has 2 saturated heterocycles. The first-order valence-corrected chi connectivity index (χ1v) is 8.45. The average Bonchev–Trinajstić information content (AvgIpc) is 2.60. The quantitative estimate of drug-likeness (QED) is 0.237. The summed E-state index contributed by atoms with van der Waals surface area (Å²) < 4.78 is 21.4. The highest BCUT2D eigenvalue weighted by atomic mass is 16.7. The molecule has 0 amide bonds. The van der Waals surface area contributed by atoms with Gasteiger partial charge in [0.05, 0.1) is 19.3 Å². The second-order valence-electron chi connectivity index (χ2n) is 6.69. The molecule has 10 atom stereocenters. The summed E-state index contributed by atoms with van der Waals surface area (Å²) in [6.07, 6.45) is -14.7. The van der Waals surface area contributed by atoms with Crippen molar-refractivity contribution in [3.8, 4) is 0 Å². The van der Waals surface area contributed by atoms with E-state index in [0.29, 0.717) is 0 Å². The van der Waals surface area contributed by atoms with E-state index in [0.717, 1.165) is 0 Å². The zero-order valence-electron chi connectivity index (χ0n) is 14.5. The van der Waals surface area contributed by atoms with Crippen molar-refractivity contribution in [2.24, 2.45) is 0 Å². The first-order valence-electron chi connectivity index (χ1n) is 8.45. The Bertz CT molecular complexity index is 432. The predicted octanol–water partition coefficient (Wildman–Crippen LogP) is -3.96. The highest BCUT2D eigenvalue weighted by molar-refractivity contribution is 4.94. The molecule has 0 saturated carbocycles. The Kier molecular flexibility index (Phi) is 7.71. The van der Waals surface area contributed by atoms with Gasteiger partial charge in [0.15, 0.2) is 12.6 Å². The lowest BCUT2D eigenvalue weighted by molar-refractivity contribution is -0.361. The molecule has 11 nitrogen and oxygen atoms in total. The van der Waals surface area contributed by atoms with Gasteiger partial charge in [-0.15, -0.1) is 0 Å². The van der Waals surface area contributed by atoms with Crippen LogP contribution >= 0.6 is 0 Å². The fourth-order valence-corrected chi connectivity index (χ4v) is 2.94. The van der Waals surface area contributed by atoms with E-state index in [1.807, 2.05) is 0 Å². The van der Waals surface area contributed by atoms with Crippen LogP contribution in [-0.4, -0.2) is 116 Å².